The van der Waals surface area contributed by atoms with E-state index in [4.69, 9.17) is 4.74 Å². The van der Waals surface area contributed by atoms with Gasteiger partial charge in [0.05, 0.1) is 5.52 Å². The molecule has 0 aliphatic heterocycles. The minimum Gasteiger partial charge on any atom is -0.486 e. The van der Waals surface area contributed by atoms with Gasteiger partial charge in [-0.1, -0.05) is 12.1 Å². The maximum atomic E-state index is 5.84. The van der Waals surface area contributed by atoms with Crippen molar-refractivity contribution < 1.29 is 4.74 Å². The summed E-state index contributed by atoms with van der Waals surface area (Å²) in [6.07, 6.45) is 1.93. The van der Waals surface area contributed by atoms with Crippen LogP contribution >= 0.6 is 0 Å². The van der Waals surface area contributed by atoms with E-state index in [-0.39, 0.29) is 5.60 Å². The molecular formula is C12H15NO. The average molecular weight is 189 g/mol. The number of hydrogen-bond acceptors (Lipinski definition) is 1. The van der Waals surface area contributed by atoms with Gasteiger partial charge in [-0.15, -0.1) is 0 Å². The summed E-state index contributed by atoms with van der Waals surface area (Å²) in [5.41, 5.74) is 0.918. The second-order valence-electron chi connectivity index (χ2n) is 4.41. The minimum atomic E-state index is -0.153. The number of ether oxygens (including phenoxy) is 1. The van der Waals surface area contributed by atoms with E-state index >= 15 is 0 Å². The van der Waals surface area contributed by atoms with E-state index in [0.717, 1.165) is 11.3 Å². The number of para-hydroxylation sites is 1. The SMILES string of the molecule is CC(C)(C)Oc1cccc2cc[nH]c12. The number of rotatable bonds is 1. The Morgan fingerprint density at radius 1 is 1.14 bits per heavy atom. The molecule has 0 aliphatic rings. The number of H-pyrrole nitrogens is 1. The third-order valence-electron chi connectivity index (χ3n) is 1.97. The van der Waals surface area contributed by atoms with Crippen LogP contribution in [0.15, 0.2) is 30.5 Å². The molecule has 1 heterocycles. The smallest absolute Gasteiger partial charge is 0.144 e. The van der Waals surface area contributed by atoms with Gasteiger partial charge in [0.15, 0.2) is 0 Å². The Balaban J connectivity index is 2.46. The summed E-state index contributed by atoms with van der Waals surface area (Å²) in [5.74, 6) is 0.917. The van der Waals surface area contributed by atoms with E-state index < -0.39 is 0 Å². The molecule has 1 N–H and O–H groups in total. The van der Waals surface area contributed by atoms with Crippen molar-refractivity contribution in [3.05, 3.63) is 30.5 Å². The first kappa shape index (κ1) is 9.13. The van der Waals surface area contributed by atoms with Gasteiger partial charge in [0.25, 0.3) is 0 Å². The molecule has 0 atom stereocenters. The molecule has 74 valence electrons. The molecule has 14 heavy (non-hydrogen) atoms. The lowest BCUT2D eigenvalue weighted by molar-refractivity contribution is 0.133. The molecule has 2 rings (SSSR count). The molecule has 1 aromatic heterocycles. The van der Waals surface area contributed by atoms with Crippen molar-refractivity contribution in [2.24, 2.45) is 0 Å². The van der Waals surface area contributed by atoms with Gasteiger partial charge >= 0.3 is 0 Å². The molecule has 0 fully saturated rings. The molecule has 0 radical (unpaired) electrons. The third kappa shape index (κ3) is 1.74. The van der Waals surface area contributed by atoms with Gasteiger partial charge in [0.1, 0.15) is 11.4 Å². The van der Waals surface area contributed by atoms with Crippen LogP contribution in [0.5, 0.6) is 5.75 Å². The molecule has 0 amide bonds. The van der Waals surface area contributed by atoms with Crippen LogP contribution in [0.3, 0.4) is 0 Å². The third-order valence-corrected chi connectivity index (χ3v) is 1.97. The van der Waals surface area contributed by atoms with E-state index in [1.807, 2.05) is 24.4 Å². The van der Waals surface area contributed by atoms with Gasteiger partial charge in [0.2, 0.25) is 0 Å². The summed E-state index contributed by atoms with van der Waals surface area (Å²) in [6.45, 7) is 6.15. The molecular weight excluding hydrogens is 174 g/mol. The maximum Gasteiger partial charge on any atom is 0.144 e. The van der Waals surface area contributed by atoms with Crippen LogP contribution in [-0.2, 0) is 0 Å². The number of hydrogen-bond donors (Lipinski definition) is 1. The molecule has 2 heteroatoms. The fourth-order valence-corrected chi connectivity index (χ4v) is 1.47. The summed E-state index contributed by atoms with van der Waals surface area (Å²) >= 11 is 0. The normalized spacial score (nSPS) is 11.9. The quantitative estimate of drug-likeness (QED) is 0.731. The number of aromatic amines is 1. The lowest BCUT2D eigenvalue weighted by Gasteiger charge is -2.21. The van der Waals surface area contributed by atoms with Crippen LogP contribution in [0.4, 0.5) is 0 Å². The molecule has 0 spiro atoms. The lowest BCUT2D eigenvalue weighted by Crippen LogP contribution is -2.23. The van der Waals surface area contributed by atoms with Gasteiger partial charge in [-0.05, 0) is 32.9 Å². The first-order valence-corrected chi connectivity index (χ1v) is 4.81. The second kappa shape index (κ2) is 3.05. The lowest BCUT2D eigenvalue weighted by atomic mass is 10.2. The van der Waals surface area contributed by atoms with Crippen molar-refractivity contribution in [2.75, 3.05) is 0 Å². The molecule has 0 unspecified atom stereocenters. The number of benzene rings is 1. The number of nitrogens with one attached hydrogen (secondary N) is 1. The zero-order valence-electron chi connectivity index (χ0n) is 8.79. The van der Waals surface area contributed by atoms with Gasteiger partial charge in [-0.25, -0.2) is 0 Å². The van der Waals surface area contributed by atoms with Crippen LogP contribution in [-0.4, -0.2) is 10.6 Å². The Morgan fingerprint density at radius 2 is 1.93 bits per heavy atom. The Kier molecular flexibility index (Phi) is 1.99. The summed E-state index contributed by atoms with van der Waals surface area (Å²) in [4.78, 5) is 3.19. The monoisotopic (exact) mass is 189 g/mol. The Bertz CT molecular complexity index is 437. The predicted molar refractivity (Wildman–Crippen MR) is 58.7 cm³/mol. The molecule has 2 aromatic rings. The first-order valence-electron chi connectivity index (χ1n) is 4.81. The van der Waals surface area contributed by atoms with Crippen LogP contribution in [0.25, 0.3) is 10.9 Å². The highest BCUT2D eigenvalue weighted by atomic mass is 16.5. The van der Waals surface area contributed by atoms with Gasteiger partial charge in [-0.3, -0.25) is 0 Å². The predicted octanol–water partition coefficient (Wildman–Crippen LogP) is 3.35. The molecule has 2 nitrogen and oxygen atoms in total. The van der Waals surface area contributed by atoms with Crippen molar-refractivity contribution in [2.45, 2.75) is 26.4 Å². The highest BCUT2D eigenvalue weighted by Gasteiger charge is 2.13. The van der Waals surface area contributed by atoms with E-state index in [1.54, 1.807) is 0 Å². The minimum absolute atomic E-state index is 0.153. The Hall–Kier alpha value is -1.44. The van der Waals surface area contributed by atoms with Crippen LogP contribution in [0.1, 0.15) is 20.8 Å². The average Bonchev–Trinajstić information content (AvgIpc) is 2.49. The second-order valence-corrected chi connectivity index (χ2v) is 4.41. The van der Waals surface area contributed by atoms with Crippen molar-refractivity contribution >= 4 is 10.9 Å². The van der Waals surface area contributed by atoms with Gasteiger partial charge < -0.3 is 9.72 Å². The number of fused-ring (bicyclic) bond motifs is 1. The van der Waals surface area contributed by atoms with E-state index in [9.17, 15) is 0 Å². The Labute approximate surface area is 83.9 Å². The summed E-state index contributed by atoms with van der Waals surface area (Å²) in [7, 11) is 0. The van der Waals surface area contributed by atoms with Crippen LogP contribution < -0.4 is 4.74 Å². The zero-order chi connectivity index (χ0) is 10.2. The molecule has 0 aliphatic carbocycles. The fourth-order valence-electron chi connectivity index (χ4n) is 1.47. The van der Waals surface area contributed by atoms with E-state index in [1.165, 1.54) is 5.39 Å². The topological polar surface area (TPSA) is 25.0 Å². The van der Waals surface area contributed by atoms with Crippen LogP contribution in [0.2, 0.25) is 0 Å². The van der Waals surface area contributed by atoms with Crippen molar-refractivity contribution in [3.8, 4) is 5.75 Å². The highest BCUT2D eigenvalue weighted by Crippen LogP contribution is 2.26. The largest absolute Gasteiger partial charge is 0.486 e. The zero-order valence-corrected chi connectivity index (χ0v) is 8.79. The standard InChI is InChI=1S/C12H15NO/c1-12(2,3)14-10-6-4-5-9-7-8-13-11(9)10/h4-8,13H,1-3H3. The highest BCUT2D eigenvalue weighted by molar-refractivity contribution is 5.85. The molecule has 1 aromatic carbocycles. The molecule has 0 saturated heterocycles. The molecule has 0 bridgehead atoms. The van der Waals surface area contributed by atoms with E-state index in [2.05, 4.69) is 31.8 Å². The summed E-state index contributed by atoms with van der Waals surface area (Å²) in [6, 6.07) is 8.12. The number of aromatic nitrogens is 1. The van der Waals surface area contributed by atoms with Crippen molar-refractivity contribution in [3.63, 3.8) is 0 Å². The summed E-state index contributed by atoms with van der Waals surface area (Å²) in [5, 5.41) is 1.19. The van der Waals surface area contributed by atoms with Gasteiger partial charge in [0, 0.05) is 11.6 Å². The van der Waals surface area contributed by atoms with Crippen molar-refractivity contribution in [1.29, 1.82) is 0 Å². The van der Waals surface area contributed by atoms with Crippen LogP contribution in [0, 0.1) is 0 Å². The summed E-state index contributed by atoms with van der Waals surface area (Å²) < 4.78 is 5.84. The first-order chi connectivity index (χ1) is 6.56. The molecule has 0 saturated carbocycles. The van der Waals surface area contributed by atoms with Gasteiger partial charge in [-0.2, -0.15) is 0 Å². The fraction of sp³-hybridized carbons (Fsp3) is 0.333. The van der Waals surface area contributed by atoms with Crippen molar-refractivity contribution in [1.82, 2.24) is 4.98 Å². The Morgan fingerprint density at radius 3 is 2.64 bits per heavy atom. The maximum absolute atomic E-state index is 5.84. The van der Waals surface area contributed by atoms with E-state index in [0.29, 0.717) is 0 Å².